The third-order valence-corrected chi connectivity index (χ3v) is 10.8. The highest BCUT2D eigenvalue weighted by Gasteiger charge is 2.16. The molecule has 4 heteroatoms. The minimum absolute atomic E-state index is 0.831. The van der Waals surface area contributed by atoms with Crippen molar-refractivity contribution in [2.45, 2.75) is 0 Å². The lowest BCUT2D eigenvalue weighted by molar-refractivity contribution is 0.949. The average molecular weight is 701 g/mol. The van der Waals surface area contributed by atoms with Crippen LogP contribution in [0.25, 0.3) is 105 Å². The van der Waals surface area contributed by atoms with Crippen LogP contribution in [0, 0.1) is 0 Å². The number of pyridine rings is 1. The molecule has 0 bridgehead atoms. The number of hydrogen-bond donors (Lipinski definition) is 0. The van der Waals surface area contributed by atoms with E-state index in [9.17, 15) is 0 Å². The van der Waals surface area contributed by atoms with Crippen LogP contribution in [-0.2, 0) is 0 Å². The Balaban J connectivity index is 0.925. The van der Waals surface area contributed by atoms with Crippen molar-refractivity contribution in [3.05, 3.63) is 194 Å². The molecular formula is C51H32N4. The first-order valence-electron chi connectivity index (χ1n) is 18.6. The summed E-state index contributed by atoms with van der Waals surface area (Å²) in [4.78, 5) is 10.2. The van der Waals surface area contributed by atoms with E-state index < -0.39 is 0 Å². The fourth-order valence-corrected chi connectivity index (χ4v) is 8.07. The molecular weight excluding hydrogens is 669 g/mol. The molecule has 8 aromatic carbocycles. The van der Waals surface area contributed by atoms with E-state index in [2.05, 4.69) is 170 Å². The fourth-order valence-electron chi connectivity index (χ4n) is 8.07. The third kappa shape index (κ3) is 5.26. The SMILES string of the molecule is c1ccc(-c2nc3ccccc3c3cc(-c4ccc(-c5cccc(-c6ccc(-c7nc8ccccc8c8c7ccc7ccccc78)cc6)c5)cc4)nn23)cc1. The van der Waals surface area contributed by atoms with Crippen LogP contribution in [0.2, 0.25) is 0 Å². The Labute approximate surface area is 317 Å². The number of hydrogen-bond acceptors (Lipinski definition) is 3. The maximum Gasteiger partial charge on any atom is 0.161 e. The van der Waals surface area contributed by atoms with Gasteiger partial charge in [-0.25, -0.2) is 14.5 Å². The molecule has 3 aromatic heterocycles. The Kier molecular flexibility index (Phi) is 7.14. The van der Waals surface area contributed by atoms with Gasteiger partial charge in [0.05, 0.1) is 27.9 Å². The maximum atomic E-state index is 5.20. The first kappa shape index (κ1) is 31.1. The molecule has 0 aliphatic carbocycles. The number of aromatic nitrogens is 4. The van der Waals surface area contributed by atoms with Gasteiger partial charge >= 0.3 is 0 Å². The molecule has 0 amide bonds. The smallest absolute Gasteiger partial charge is 0.161 e. The molecule has 0 atom stereocenters. The molecule has 0 spiro atoms. The van der Waals surface area contributed by atoms with Gasteiger partial charge in [0.25, 0.3) is 0 Å². The van der Waals surface area contributed by atoms with Crippen LogP contribution >= 0.6 is 0 Å². The van der Waals surface area contributed by atoms with Gasteiger partial charge in [0.2, 0.25) is 0 Å². The fraction of sp³-hybridized carbons (Fsp3) is 0. The zero-order chi connectivity index (χ0) is 36.3. The molecule has 11 aromatic rings. The van der Waals surface area contributed by atoms with Gasteiger partial charge in [0.15, 0.2) is 5.82 Å². The lowest BCUT2D eigenvalue weighted by atomic mass is 9.94. The topological polar surface area (TPSA) is 43.1 Å². The van der Waals surface area contributed by atoms with Crippen LogP contribution in [0.1, 0.15) is 0 Å². The predicted octanol–water partition coefficient (Wildman–Crippen LogP) is 13.1. The van der Waals surface area contributed by atoms with Crippen molar-refractivity contribution in [3.8, 4) is 56.2 Å². The minimum atomic E-state index is 0.831. The van der Waals surface area contributed by atoms with Crippen LogP contribution < -0.4 is 0 Å². The molecule has 256 valence electrons. The number of fused-ring (bicyclic) bond motifs is 8. The highest BCUT2D eigenvalue weighted by Crippen LogP contribution is 2.38. The second kappa shape index (κ2) is 12.6. The first-order chi connectivity index (χ1) is 27.2. The zero-order valence-corrected chi connectivity index (χ0v) is 29.8. The largest absolute Gasteiger partial charge is 0.247 e. The lowest BCUT2D eigenvalue weighted by Crippen LogP contribution is -1.99. The van der Waals surface area contributed by atoms with Crippen LogP contribution in [0.5, 0.6) is 0 Å². The molecule has 11 rings (SSSR count). The third-order valence-electron chi connectivity index (χ3n) is 10.8. The second-order valence-corrected chi connectivity index (χ2v) is 14.1. The van der Waals surface area contributed by atoms with Crippen LogP contribution in [0.15, 0.2) is 194 Å². The van der Waals surface area contributed by atoms with Gasteiger partial charge in [-0.05, 0) is 57.3 Å². The summed E-state index contributed by atoms with van der Waals surface area (Å²) in [7, 11) is 0. The Morgan fingerprint density at radius 2 is 0.927 bits per heavy atom. The Bertz CT molecular complexity index is 3220. The summed E-state index contributed by atoms with van der Waals surface area (Å²) >= 11 is 0. The summed E-state index contributed by atoms with van der Waals surface area (Å²) < 4.78 is 1.98. The van der Waals surface area contributed by atoms with Gasteiger partial charge in [0.1, 0.15) is 0 Å². The van der Waals surface area contributed by atoms with Gasteiger partial charge in [-0.3, -0.25) is 0 Å². The van der Waals surface area contributed by atoms with Crippen LogP contribution in [0.3, 0.4) is 0 Å². The number of benzene rings is 8. The van der Waals surface area contributed by atoms with Gasteiger partial charge in [-0.1, -0.05) is 170 Å². The van der Waals surface area contributed by atoms with Crippen molar-refractivity contribution in [2.24, 2.45) is 0 Å². The molecule has 0 saturated heterocycles. The minimum Gasteiger partial charge on any atom is -0.247 e. The summed E-state index contributed by atoms with van der Waals surface area (Å²) in [6.45, 7) is 0. The molecule has 0 unspecified atom stereocenters. The predicted molar refractivity (Wildman–Crippen MR) is 228 cm³/mol. The maximum absolute atomic E-state index is 5.20. The van der Waals surface area contributed by atoms with Gasteiger partial charge in [-0.15, -0.1) is 0 Å². The number of nitrogens with zero attached hydrogens (tertiary/aromatic N) is 4. The van der Waals surface area contributed by atoms with E-state index in [4.69, 9.17) is 15.1 Å². The highest BCUT2D eigenvalue weighted by molar-refractivity contribution is 6.22. The van der Waals surface area contributed by atoms with Gasteiger partial charge < -0.3 is 0 Å². The van der Waals surface area contributed by atoms with Crippen molar-refractivity contribution in [1.82, 2.24) is 19.6 Å². The van der Waals surface area contributed by atoms with Crippen molar-refractivity contribution < 1.29 is 0 Å². The van der Waals surface area contributed by atoms with E-state index in [1.165, 1.54) is 38.1 Å². The van der Waals surface area contributed by atoms with Crippen LogP contribution in [-0.4, -0.2) is 19.6 Å². The summed E-state index contributed by atoms with van der Waals surface area (Å²) in [5.41, 5.74) is 12.8. The molecule has 3 heterocycles. The molecule has 0 fully saturated rings. The normalized spacial score (nSPS) is 11.6. The van der Waals surface area contributed by atoms with Crippen molar-refractivity contribution >= 4 is 48.9 Å². The van der Waals surface area contributed by atoms with E-state index in [0.29, 0.717) is 0 Å². The Morgan fingerprint density at radius 1 is 0.345 bits per heavy atom. The van der Waals surface area contributed by atoms with E-state index in [1.54, 1.807) is 0 Å². The zero-order valence-electron chi connectivity index (χ0n) is 29.8. The summed E-state index contributed by atoms with van der Waals surface area (Å²) in [5.74, 6) is 0.831. The average Bonchev–Trinajstić information content (AvgIpc) is 3.72. The van der Waals surface area contributed by atoms with E-state index >= 15 is 0 Å². The van der Waals surface area contributed by atoms with Crippen molar-refractivity contribution in [2.75, 3.05) is 0 Å². The standard InChI is InChI=1S/C51H32N4/c1-2-12-38(13-3-1)51-53-45-19-8-6-17-42(45)48-32-47(54-55(48)51)36-25-21-33(22-26-36)39-14-10-15-40(31-39)34-23-27-37(28-24-34)50-44-30-29-35-11-4-5-16-41(35)49(44)43-18-7-9-20-46(43)52-50/h1-32H. The molecule has 0 saturated carbocycles. The number of para-hydroxylation sites is 2. The quantitative estimate of drug-likeness (QED) is 0.168. The Hall–Kier alpha value is -7.43. The van der Waals surface area contributed by atoms with Gasteiger partial charge in [0, 0.05) is 38.2 Å². The highest BCUT2D eigenvalue weighted by atomic mass is 15.3. The summed E-state index contributed by atoms with van der Waals surface area (Å²) in [5, 5.41) is 12.3. The monoisotopic (exact) mass is 700 g/mol. The lowest BCUT2D eigenvalue weighted by Gasteiger charge is -2.13. The molecule has 0 N–H and O–H groups in total. The number of rotatable bonds is 5. The Morgan fingerprint density at radius 3 is 1.67 bits per heavy atom. The molecule has 0 aliphatic heterocycles. The van der Waals surface area contributed by atoms with E-state index in [-0.39, 0.29) is 0 Å². The van der Waals surface area contributed by atoms with Crippen molar-refractivity contribution in [3.63, 3.8) is 0 Å². The summed E-state index contributed by atoms with van der Waals surface area (Å²) in [6.07, 6.45) is 0. The van der Waals surface area contributed by atoms with Crippen molar-refractivity contribution in [1.29, 1.82) is 0 Å². The van der Waals surface area contributed by atoms with Gasteiger partial charge in [-0.2, -0.15) is 5.10 Å². The summed E-state index contributed by atoms with van der Waals surface area (Å²) in [6, 6.07) is 68.6. The molecule has 0 aliphatic rings. The van der Waals surface area contributed by atoms with Crippen LogP contribution in [0.4, 0.5) is 0 Å². The van der Waals surface area contributed by atoms with E-state index in [1.807, 2.05) is 28.8 Å². The second-order valence-electron chi connectivity index (χ2n) is 14.1. The van der Waals surface area contributed by atoms with E-state index in [0.717, 1.165) is 67.0 Å². The molecule has 55 heavy (non-hydrogen) atoms. The molecule has 4 nitrogen and oxygen atoms in total. The first-order valence-corrected chi connectivity index (χ1v) is 18.6. The molecule has 0 radical (unpaired) electrons.